The van der Waals surface area contributed by atoms with E-state index < -0.39 is 18.7 Å². The maximum absolute atomic E-state index is 11.8. The number of aliphatic carboxylic acids is 1. The highest BCUT2D eigenvalue weighted by atomic mass is 79.9. The van der Waals surface area contributed by atoms with Crippen LogP contribution in [0, 0.1) is 0 Å². The molecular weight excluding hydrogens is 304 g/mol. The number of ketones is 1. The molecule has 1 aromatic carbocycles. The first-order valence-corrected chi connectivity index (χ1v) is 6.37. The summed E-state index contributed by atoms with van der Waals surface area (Å²) in [6.45, 7) is -0.496. The molecule has 98 valence electrons. The molecule has 0 bridgehead atoms. The molecule has 3 N–H and O–H groups in total. The summed E-state index contributed by atoms with van der Waals surface area (Å²) >= 11 is 3.14. The van der Waals surface area contributed by atoms with Gasteiger partial charge in [-0.1, -0.05) is 34.1 Å². The highest BCUT2D eigenvalue weighted by molar-refractivity contribution is 9.09. The average molecular weight is 317 g/mol. The molecule has 1 atom stereocenters. The molecule has 0 aliphatic carbocycles. The Kier molecular flexibility index (Phi) is 5.46. The quantitative estimate of drug-likeness (QED) is 0.542. The van der Waals surface area contributed by atoms with Crippen LogP contribution in [0.5, 0.6) is 0 Å². The van der Waals surface area contributed by atoms with Crippen LogP contribution in [0.1, 0.15) is 34.0 Å². The second-order valence-electron chi connectivity index (χ2n) is 3.63. The molecule has 6 heteroatoms. The number of halogens is 1. The molecule has 0 aliphatic rings. The minimum Gasteiger partial charge on any atom is -0.479 e. The number of hydrogen-bond acceptors (Lipinski definition) is 4. The van der Waals surface area contributed by atoms with Crippen LogP contribution >= 0.6 is 15.9 Å². The number of carbonyl (C=O) groups is 2. The van der Waals surface area contributed by atoms with Crippen LogP contribution in [0.2, 0.25) is 0 Å². The van der Waals surface area contributed by atoms with Gasteiger partial charge in [0.25, 0.3) is 0 Å². The normalized spacial score (nSPS) is 12.2. The molecule has 0 aliphatic heterocycles. The molecule has 1 unspecified atom stereocenters. The fourth-order valence-corrected chi connectivity index (χ4v) is 2.01. The van der Waals surface area contributed by atoms with Crippen molar-refractivity contribution in [3.8, 4) is 0 Å². The van der Waals surface area contributed by atoms with Gasteiger partial charge in [0.2, 0.25) is 0 Å². The Bertz CT molecular complexity index is 458. The van der Waals surface area contributed by atoms with Crippen molar-refractivity contribution in [3.05, 3.63) is 34.9 Å². The number of Topliss-reactive ketones (excluding diaryl/α,β-unsaturated/α-hetero) is 1. The number of aliphatic hydroxyl groups excluding tert-OH is 2. The number of hydrogen-bond donors (Lipinski definition) is 3. The molecule has 5 nitrogen and oxygen atoms in total. The standard InChI is InChI=1S/C12H13BrO5/c13-5-4-10(15)7-2-1-3-8(9(7)6-14)11(16)12(17)18/h1-3,11,14,16H,4-6H2,(H,17,18). The van der Waals surface area contributed by atoms with Crippen LogP contribution in [-0.2, 0) is 11.4 Å². The minimum atomic E-state index is -1.75. The van der Waals surface area contributed by atoms with Gasteiger partial charge in [-0.05, 0) is 11.1 Å². The predicted octanol–water partition coefficient (Wildman–Crippen LogP) is 1.26. The Hall–Kier alpha value is -1.24. The second kappa shape index (κ2) is 6.63. The third-order valence-electron chi connectivity index (χ3n) is 2.52. The van der Waals surface area contributed by atoms with Crippen molar-refractivity contribution in [2.24, 2.45) is 0 Å². The Labute approximate surface area is 112 Å². The van der Waals surface area contributed by atoms with Gasteiger partial charge in [0.1, 0.15) is 0 Å². The van der Waals surface area contributed by atoms with Gasteiger partial charge >= 0.3 is 5.97 Å². The van der Waals surface area contributed by atoms with Crippen LogP contribution in [0.15, 0.2) is 18.2 Å². The number of benzene rings is 1. The second-order valence-corrected chi connectivity index (χ2v) is 4.43. The lowest BCUT2D eigenvalue weighted by atomic mass is 9.94. The Morgan fingerprint density at radius 1 is 1.33 bits per heavy atom. The van der Waals surface area contributed by atoms with E-state index in [1.165, 1.54) is 18.2 Å². The zero-order valence-electron chi connectivity index (χ0n) is 9.47. The molecule has 1 rings (SSSR count). The first kappa shape index (κ1) is 14.8. The zero-order chi connectivity index (χ0) is 13.7. The van der Waals surface area contributed by atoms with Gasteiger partial charge < -0.3 is 15.3 Å². The van der Waals surface area contributed by atoms with E-state index in [1.54, 1.807) is 0 Å². The van der Waals surface area contributed by atoms with Gasteiger partial charge in [0, 0.05) is 17.3 Å². The molecule has 1 aromatic rings. The summed E-state index contributed by atoms with van der Waals surface area (Å²) in [6.07, 6.45) is -1.51. The summed E-state index contributed by atoms with van der Waals surface area (Å²) in [5, 5.41) is 28.0. The molecule has 18 heavy (non-hydrogen) atoms. The van der Waals surface area contributed by atoms with Crippen molar-refractivity contribution in [1.82, 2.24) is 0 Å². The molecule has 0 aromatic heterocycles. The zero-order valence-corrected chi connectivity index (χ0v) is 11.1. The van der Waals surface area contributed by atoms with Crippen LogP contribution < -0.4 is 0 Å². The van der Waals surface area contributed by atoms with E-state index in [2.05, 4.69) is 15.9 Å². The van der Waals surface area contributed by atoms with Gasteiger partial charge in [-0.3, -0.25) is 4.79 Å². The number of carboxylic acids is 1. The van der Waals surface area contributed by atoms with E-state index in [0.29, 0.717) is 5.33 Å². The van der Waals surface area contributed by atoms with E-state index in [-0.39, 0.29) is 28.9 Å². The summed E-state index contributed by atoms with van der Waals surface area (Å²) in [6, 6.07) is 4.38. The lowest BCUT2D eigenvalue weighted by Gasteiger charge is -2.14. The molecule has 0 saturated heterocycles. The third-order valence-corrected chi connectivity index (χ3v) is 2.92. The topological polar surface area (TPSA) is 94.8 Å². The molecule has 0 fully saturated rings. The van der Waals surface area contributed by atoms with E-state index in [4.69, 9.17) is 5.11 Å². The lowest BCUT2D eigenvalue weighted by molar-refractivity contribution is -0.147. The van der Waals surface area contributed by atoms with E-state index in [9.17, 15) is 19.8 Å². The van der Waals surface area contributed by atoms with Crippen molar-refractivity contribution in [2.75, 3.05) is 5.33 Å². The number of aliphatic hydroxyl groups is 2. The molecular formula is C12H13BrO5. The van der Waals surface area contributed by atoms with Crippen LogP contribution in [0.25, 0.3) is 0 Å². The van der Waals surface area contributed by atoms with E-state index in [0.717, 1.165) is 0 Å². The van der Waals surface area contributed by atoms with Crippen molar-refractivity contribution in [1.29, 1.82) is 0 Å². The Balaban J connectivity index is 3.26. The van der Waals surface area contributed by atoms with Crippen molar-refractivity contribution >= 4 is 27.7 Å². The maximum Gasteiger partial charge on any atom is 0.337 e. The molecule has 0 spiro atoms. The molecule has 0 saturated carbocycles. The molecule has 0 radical (unpaired) electrons. The largest absolute Gasteiger partial charge is 0.479 e. The van der Waals surface area contributed by atoms with Crippen LogP contribution in [-0.4, -0.2) is 32.4 Å². The monoisotopic (exact) mass is 316 g/mol. The number of carboxylic acid groups (broad SMARTS) is 1. The summed E-state index contributed by atoms with van der Waals surface area (Å²) in [7, 11) is 0. The minimum absolute atomic E-state index is 0.0467. The van der Waals surface area contributed by atoms with E-state index in [1.807, 2.05) is 0 Å². The summed E-state index contributed by atoms with van der Waals surface area (Å²) < 4.78 is 0. The van der Waals surface area contributed by atoms with Gasteiger partial charge in [-0.15, -0.1) is 0 Å². The number of carbonyl (C=O) groups excluding carboxylic acids is 1. The summed E-state index contributed by atoms with van der Waals surface area (Å²) in [5.74, 6) is -1.63. The summed E-state index contributed by atoms with van der Waals surface area (Å²) in [4.78, 5) is 22.5. The highest BCUT2D eigenvalue weighted by Crippen LogP contribution is 2.23. The van der Waals surface area contributed by atoms with Gasteiger partial charge in [-0.2, -0.15) is 0 Å². The van der Waals surface area contributed by atoms with Crippen LogP contribution in [0.3, 0.4) is 0 Å². The van der Waals surface area contributed by atoms with Gasteiger partial charge in [-0.25, -0.2) is 4.79 Å². The number of alkyl halides is 1. The smallest absolute Gasteiger partial charge is 0.337 e. The van der Waals surface area contributed by atoms with Gasteiger partial charge in [0.05, 0.1) is 6.61 Å². The molecule has 0 heterocycles. The SMILES string of the molecule is O=C(CCBr)c1cccc(C(O)C(=O)O)c1CO. The Morgan fingerprint density at radius 3 is 2.50 bits per heavy atom. The van der Waals surface area contributed by atoms with Crippen molar-refractivity contribution in [2.45, 2.75) is 19.1 Å². The van der Waals surface area contributed by atoms with Gasteiger partial charge in [0.15, 0.2) is 11.9 Å². The van der Waals surface area contributed by atoms with E-state index >= 15 is 0 Å². The average Bonchev–Trinajstić information content (AvgIpc) is 2.36. The third kappa shape index (κ3) is 3.16. The number of rotatable bonds is 6. The highest BCUT2D eigenvalue weighted by Gasteiger charge is 2.22. The maximum atomic E-state index is 11.8. The van der Waals surface area contributed by atoms with Crippen LogP contribution in [0.4, 0.5) is 0 Å². The van der Waals surface area contributed by atoms with Crippen molar-refractivity contribution in [3.63, 3.8) is 0 Å². The Morgan fingerprint density at radius 2 is 2.00 bits per heavy atom. The fourth-order valence-electron chi connectivity index (χ4n) is 1.65. The van der Waals surface area contributed by atoms with Crippen molar-refractivity contribution < 1.29 is 24.9 Å². The molecule has 0 amide bonds. The lowest BCUT2D eigenvalue weighted by Crippen LogP contribution is -2.15. The first-order valence-electron chi connectivity index (χ1n) is 5.25. The predicted molar refractivity (Wildman–Crippen MR) is 67.7 cm³/mol. The summed E-state index contributed by atoms with van der Waals surface area (Å²) in [5.41, 5.74) is 0.457. The fraction of sp³-hybridized carbons (Fsp3) is 0.333. The first-order chi connectivity index (χ1) is 8.52.